The van der Waals surface area contributed by atoms with Gasteiger partial charge >= 0.3 is 0 Å². The van der Waals surface area contributed by atoms with Crippen molar-refractivity contribution in [1.29, 1.82) is 0 Å². The summed E-state index contributed by atoms with van der Waals surface area (Å²) in [4.78, 5) is 13.2. The Hall–Kier alpha value is -4.12. The van der Waals surface area contributed by atoms with Crippen LogP contribution in [0.4, 0.5) is 0 Å². The molecular weight excluding hydrogens is 364 g/mol. The zero-order valence-corrected chi connectivity index (χ0v) is 15.3. The van der Waals surface area contributed by atoms with Crippen LogP contribution in [-0.2, 0) is 0 Å². The highest BCUT2D eigenvalue weighted by molar-refractivity contribution is 5.83. The molecule has 0 saturated heterocycles. The van der Waals surface area contributed by atoms with Crippen molar-refractivity contribution >= 4 is 11.0 Å². The molecule has 3 aromatic carbocycles. The molecular formula is C24H16N2O3. The number of phenolic OH excluding ortho intramolecular Hbond substituents is 1. The molecule has 5 aromatic rings. The van der Waals surface area contributed by atoms with Gasteiger partial charge in [-0.25, -0.2) is 4.68 Å². The lowest BCUT2D eigenvalue weighted by Crippen LogP contribution is -2.08. The number of benzene rings is 3. The summed E-state index contributed by atoms with van der Waals surface area (Å²) in [6.45, 7) is 0. The molecule has 5 nitrogen and oxygen atoms in total. The summed E-state index contributed by atoms with van der Waals surface area (Å²) in [6.07, 6.45) is 1.43. The third-order valence-electron chi connectivity index (χ3n) is 4.81. The Balaban J connectivity index is 1.77. The molecule has 29 heavy (non-hydrogen) atoms. The topological polar surface area (TPSA) is 68.3 Å². The second-order valence-corrected chi connectivity index (χ2v) is 6.69. The van der Waals surface area contributed by atoms with Gasteiger partial charge in [0.05, 0.1) is 28.0 Å². The highest BCUT2D eigenvalue weighted by Gasteiger charge is 2.17. The van der Waals surface area contributed by atoms with E-state index in [2.05, 4.69) is 0 Å². The van der Waals surface area contributed by atoms with Crippen molar-refractivity contribution in [2.24, 2.45) is 0 Å². The molecule has 2 aromatic heterocycles. The largest absolute Gasteiger partial charge is 0.508 e. The van der Waals surface area contributed by atoms with Crippen LogP contribution >= 0.6 is 0 Å². The van der Waals surface area contributed by atoms with Gasteiger partial charge in [-0.15, -0.1) is 0 Å². The number of nitrogens with zero attached hydrogens (tertiary/aromatic N) is 2. The molecule has 0 amide bonds. The van der Waals surface area contributed by atoms with E-state index in [9.17, 15) is 9.90 Å². The van der Waals surface area contributed by atoms with Crippen molar-refractivity contribution in [2.75, 3.05) is 0 Å². The maximum absolute atomic E-state index is 13.2. The van der Waals surface area contributed by atoms with Gasteiger partial charge in [-0.1, -0.05) is 48.5 Å². The molecule has 0 aliphatic heterocycles. The molecule has 0 saturated carbocycles. The normalized spacial score (nSPS) is 11.0. The van der Waals surface area contributed by atoms with Gasteiger partial charge in [-0.2, -0.15) is 5.10 Å². The molecule has 0 bridgehead atoms. The van der Waals surface area contributed by atoms with Crippen LogP contribution < -0.4 is 5.43 Å². The van der Waals surface area contributed by atoms with Gasteiger partial charge in [-0.05, 0) is 30.3 Å². The first-order valence-electron chi connectivity index (χ1n) is 9.16. The fourth-order valence-electron chi connectivity index (χ4n) is 3.38. The summed E-state index contributed by atoms with van der Waals surface area (Å²) >= 11 is 0. The van der Waals surface area contributed by atoms with E-state index in [1.807, 2.05) is 66.7 Å². The zero-order valence-electron chi connectivity index (χ0n) is 15.3. The number of aromatic nitrogens is 2. The Morgan fingerprint density at radius 2 is 1.59 bits per heavy atom. The van der Waals surface area contributed by atoms with Crippen molar-refractivity contribution in [3.05, 3.63) is 101 Å². The minimum Gasteiger partial charge on any atom is -0.508 e. The van der Waals surface area contributed by atoms with Gasteiger partial charge in [0.1, 0.15) is 17.6 Å². The Morgan fingerprint density at radius 3 is 2.34 bits per heavy atom. The van der Waals surface area contributed by atoms with Crippen LogP contribution in [-0.4, -0.2) is 14.9 Å². The third-order valence-corrected chi connectivity index (χ3v) is 4.81. The number of para-hydroxylation sites is 1. The highest BCUT2D eigenvalue weighted by atomic mass is 16.3. The third kappa shape index (κ3) is 2.99. The average Bonchev–Trinajstić information content (AvgIpc) is 3.20. The molecule has 0 aliphatic carbocycles. The Kier molecular flexibility index (Phi) is 3.99. The predicted molar refractivity (Wildman–Crippen MR) is 112 cm³/mol. The van der Waals surface area contributed by atoms with E-state index in [0.717, 1.165) is 16.9 Å². The van der Waals surface area contributed by atoms with Crippen molar-refractivity contribution in [3.8, 4) is 34.0 Å². The molecule has 5 rings (SSSR count). The minimum atomic E-state index is -0.178. The number of hydrogen-bond acceptors (Lipinski definition) is 4. The maximum atomic E-state index is 13.2. The molecule has 0 radical (unpaired) electrons. The zero-order chi connectivity index (χ0) is 19.8. The van der Waals surface area contributed by atoms with Crippen LogP contribution in [0.3, 0.4) is 0 Å². The highest BCUT2D eigenvalue weighted by Crippen LogP contribution is 2.29. The monoisotopic (exact) mass is 380 g/mol. The first kappa shape index (κ1) is 17.0. The van der Waals surface area contributed by atoms with Crippen molar-refractivity contribution < 1.29 is 9.52 Å². The number of hydrogen-bond donors (Lipinski definition) is 1. The van der Waals surface area contributed by atoms with Crippen LogP contribution in [0.2, 0.25) is 0 Å². The predicted octanol–water partition coefficient (Wildman–Crippen LogP) is 5.02. The van der Waals surface area contributed by atoms with Gasteiger partial charge in [0.2, 0.25) is 5.43 Å². The van der Waals surface area contributed by atoms with Crippen molar-refractivity contribution in [2.45, 2.75) is 0 Å². The second kappa shape index (κ2) is 6.80. The summed E-state index contributed by atoms with van der Waals surface area (Å²) in [5, 5.41) is 14.8. The summed E-state index contributed by atoms with van der Waals surface area (Å²) in [5.74, 6) is 0.0501. The van der Waals surface area contributed by atoms with E-state index in [1.54, 1.807) is 10.7 Å². The van der Waals surface area contributed by atoms with Crippen LogP contribution in [0.15, 0.2) is 100 Å². The molecule has 0 fully saturated rings. The Labute approximate surface area is 166 Å². The fraction of sp³-hybridized carbons (Fsp3) is 0. The van der Waals surface area contributed by atoms with E-state index >= 15 is 0 Å². The SMILES string of the molecule is O=c1c(-c2cc(-c3ccccc3)nn2-c2ccccc2)coc2cc(O)ccc12. The van der Waals surface area contributed by atoms with Crippen LogP contribution in [0.1, 0.15) is 0 Å². The standard InChI is InChI=1S/C24H16N2O3/c27-18-11-12-19-23(13-18)29-15-20(24(19)28)22-14-21(16-7-3-1-4-8-16)25-26(22)17-9-5-2-6-10-17/h1-15,27H. The Bertz CT molecular complexity index is 1370. The quantitative estimate of drug-likeness (QED) is 0.477. The van der Waals surface area contributed by atoms with Crippen molar-refractivity contribution in [3.63, 3.8) is 0 Å². The van der Waals surface area contributed by atoms with Crippen LogP contribution in [0.25, 0.3) is 39.2 Å². The van der Waals surface area contributed by atoms with Gasteiger partial charge in [-0.3, -0.25) is 4.79 Å². The molecule has 0 aliphatic rings. The summed E-state index contributed by atoms with van der Waals surface area (Å²) in [5.41, 5.74) is 3.76. The van der Waals surface area contributed by atoms with E-state index in [4.69, 9.17) is 9.52 Å². The molecule has 0 atom stereocenters. The first-order chi connectivity index (χ1) is 14.2. The number of rotatable bonds is 3. The van der Waals surface area contributed by atoms with Crippen LogP contribution in [0, 0.1) is 0 Å². The average molecular weight is 380 g/mol. The van der Waals surface area contributed by atoms with E-state index < -0.39 is 0 Å². The number of aromatic hydroxyl groups is 1. The fourth-order valence-corrected chi connectivity index (χ4v) is 3.38. The van der Waals surface area contributed by atoms with E-state index in [0.29, 0.717) is 22.2 Å². The number of fused-ring (bicyclic) bond motifs is 1. The van der Waals surface area contributed by atoms with E-state index in [1.165, 1.54) is 18.4 Å². The van der Waals surface area contributed by atoms with Gasteiger partial charge in [0.15, 0.2) is 0 Å². The van der Waals surface area contributed by atoms with Gasteiger partial charge < -0.3 is 9.52 Å². The lowest BCUT2D eigenvalue weighted by Gasteiger charge is -2.07. The second-order valence-electron chi connectivity index (χ2n) is 6.69. The van der Waals surface area contributed by atoms with Crippen LogP contribution in [0.5, 0.6) is 5.75 Å². The lowest BCUT2D eigenvalue weighted by molar-refractivity contribution is 0.474. The summed E-state index contributed by atoms with van der Waals surface area (Å²) < 4.78 is 7.41. The molecule has 1 N–H and O–H groups in total. The molecule has 0 spiro atoms. The van der Waals surface area contributed by atoms with Gasteiger partial charge in [0.25, 0.3) is 0 Å². The molecule has 0 unspecified atom stereocenters. The number of phenols is 1. The van der Waals surface area contributed by atoms with Gasteiger partial charge in [0, 0.05) is 11.6 Å². The Morgan fingerprint density at radius 1 is 0.862 bits per heavy atom. The summed E-state index contributed by atoms with van der Waals surface area (Å²) in [7, 11) is 0. The van der Waals surface area contributed by atoms with Crippen molar-refractivity contribution in [1.82, 2.24) is 9.78 Å². The molecule has 5 heteroatoms. The minimum absolute atomic E-state index is 0.0501. The first-order valence-corrected chi connectivity index (χ1v) is 9.16. The smallest absolute Gasteiger partial charge is 0.202 e. The molecule has 2 heterocycles. The molecule has 140 valence electrons. The lowest BCUT2D eigenvalue weighted by atomic mass is 10.1. The van der Waals surface area contributed by atoms with E-state index in [-0.39, 0.29) is 11.2 Å². The summed E-state index contributed by atoms with van der Waals surface area (Å²) in [6, 6.07) is 25.8. The maximum Gasteiger partial charge on any atom is 0.202 e.